The number of carbonyl (C=O) groups is 1. The third-order valence-corrected chi connectivity index (χ3v) is 6.31. The van der Waals surface area contributed by atoms with E-state index in [0.29, 0.717) is 24.5 Å². The van der Waals surface area contributed by atoms with Crippen LogP contribution in [0, 0.1) is 0 Å². The molecule has 1 amide bonds. The van der Waals surface area contributed by atoms with Crippen LogP contribution in [0.5, 0.6) is 0 Å². The molecular formula is C28H28F3N5O2. The molecule has 10 heteroatoms. The van der Waals surface area contributed by atoms with E-state index in [0.717, 1.165) is 40.7 Å². The smallest absolute Gasteiger partial charge is 0.416 e. The summed E-state index contributed by atoms with van der Waals surface area (Å²) in [6.45, 7) is 6.61. The number of nitrogens with zero attached hydrogens (tertiary/aromatic N) is 4. The van der Waals surface area contributed by atoms with Crippen LogP contribution in [0.25, 0.3) is 22.2 Å². The lowest BCUT2D eigenvalue weighted by molar-refractivity contribution is -0.137. The van der Waals surface area contributed by atoms with Crippen molar-refractivity contribution >= 4 is 28.4 Å². The Labute approximate surface area is 218 Å². The Hall–Kier alpha value is -4.08. The van der Waals surface area contributed by atoms with Gasteiger partial charge in [0.05, 0.1) is 17.1 Å². The second kappa shape index (κ2) is 9.66. The van der Waals surface area contributed by atoms with Gasteiger partial charge in [0, 0.05) is 47.8 Å². The number of rotatable bonds is 4. The average molecular weight is 524 g/mol. The molecule has 0 saturated carbocycles. The second-order valence-corrected chi connectivity index (χ2v) is 10.3. The van der Waals surface area contributed by atoms with E-state index in [9.17, 15) is 18.0 Å². The van der Waals surface area contributed by atoms with Gasteiger partial charge in [-0.05, 0) is 63.6 Å². The number of halogens is 3. The van der Waals surface area contributed by atoms with Gasteiger partial charge in [-0.1, -0.05) is 18.2 Å². The molecule has 2 aromatic carbocycles. The van der Waals surface area contributed by atoms with Crippen LogP contribution in [0.4, 0.5) is 29.3 Å². The quantitative estimate of drug-likeness (QED) is 0.311. The second-order valence-electron chi connectivity index (χ2n) is 10.3. The summed E-state index contributed by atoms with van der Waals surface area (Å²) in [5.74, 6) is 0. The van der Waals surface area contributed by atoms with Crippen LogP contribution in [0.1, 0.15) is 38.8 Å². The van der Waals surface area contributed by atoms with E-state index in [-0.39, 0.29) is 12.1 Å². The lowest BCUT2D eigenvalue weighted by atomic mass is 10.1. The van der Waals surface area contributed by atoms with E-state index in [1.165, 1.54) is 6.07 Å². The molecule has 1 saturated heterocycles. The fraction of sp³-hybridized carbons (Fsp3) is 0.321. The van der Waals surface area contributed by atoms with Gasteiger partial charge in [0.2, 0.25) is 0 Å². The molecule has 1 aliphatic rings. The summed E-state index contributed by atoms with van der Waals surface area (Å²) in [6.07, 6.45) is -0.505. The Bertz CT molecular complexity index is 1460. The Kier molecular flexibility index (Phi) is 6.50. The van der Waals surface area contributed by atoms with Gasteiger partial charge in [0.1, 0.15) is 11.3 Å². The Balaban J connectivity index is 1.38. The normalized spacial score (nSPS) is 16.2. The van der Waals surface area contributed by atoms with Crippen LogP contribution in [0.2, 0.25) is 0 Å². The number of ether oxygens (including phenoxy) is 1. The maximum absolute atomic E-state index is 13.0. The van der Waals surface area contributed by atoms with Crippen molar-refractivity contribution in [1.82, 2.24) is 19.7 Å². The van der Waals surface area contributed by atoms with Crippen molar-refractivity contribution in [1.29, 1.82) is 0 Å². The van der Waals surface area contributed by atoms with E-state index < -0.39 is 17.3 Å². The molecule has 38 heavy (non-hydrogen) atoms. The molecule has 198 valence electrons. The first-order chi connectivity index (χ1) is 18.0. The van der Waals surface area contributed by atoms with E-state index in [1.807, 2.05) is 43.7 Å². The first-order valence-electron chi connectivity index (χ1n) is 12.3. The van der Waals surface area contributed by atoms with E-state index >= 15 is 0 Å². The van der Waals surface area contributed by atoms with Crippen LogP contribution in [-0.2, 0) is 10.9 Å². The summed E-state index contributed by atoms with van der Waals surface area (Å²) in [7, 11) is 0. The molecule has 7 nitrogen and oxygen atoms in total. The fourth-order valence-electron chi connectivity index (χ4n) is 4.56. The minimum absolute atomic E-state index is 0.0111. The van der Waals surface area contributed by atoms with Crippen molar-refractivity contribution in [3.8, 4) is 11.3 Å². The maximum Gasteiger partial charge on any atom is 0.416 e. The molecule has 1 fully saturated rings. The van der Waals surface area contributed by atoms with Crippen LogP contribution in [0.15, 0.2) is 67.0 Å². The summed E-state index contributed by atoms with van der Waals surface area (Å²) in [6, 6.07) is 14.3. The van der Waals surface area contributed by atoms with Crippen LogP contribution < -0.4 is 5.32 Å². The molecule has 0 spiro atoms. The highest BCUT2D eigenvalue weighted by Gasteiger charge is 2.32. The number of pyridine rings is 1. The van der Waals surface area contributed by atoms with Gasteiger partial charge in [-0.15, -0.1) is 0 Å². The number of carbonyl (C=O) groups excluding carboxylic acids is 1. The largest absolute Gasteiger partial charge is 0.444 e. The summed E-state index contributed by atoms with van der Waals surface area (Å²) in [5, 5.41) is 8.82. The number of amides is 1. The molecule has 2 aromatic heterocycles. The van der Waals surface area contributed by atoms with Crippen molar-refractivity contribution in [2.75, 3.05) is 18.4 Å². The molecule has 4 aromatic rings. The van der Waals surface area contributed by atoms with E-state index in [4.69, 9.17) is 9.84 Å². The third-order valence-electron chi connectivity index (χ3n) is 6.31. The van der Waals surface area contributed by atoms with Crippen molar-refractivity contribution in [3.63, 3.8) is 0 Å². The van der Waals surface area contributed by atoms with E-state index in [2.05, 4.69) is 10.3 Å². The summed E-state index contributed by atoms with van der Waals surface area (Å²) in [4.78, 5) is 18.5. The van der Waals surface area contributed by atoms with Gasteiger partial charge in [-0.3, -0.25) is 9.67 Å². The number of alkyl halides is 3. The molecule has 0 aliphatic carbocycles. The minimum atomic E-state index is -4.40. The van der Waals surface area contributed by atoms with Crippen molar-refractivity contribution < 1.29 is 22.7 Å². The topological polar surface area (TPSA) is 72.3 Å². The first-order valence-corrected chi connectivity index (χ1v) is 12.3. The standard InChI is InChI=1S/C28H28F3N5O2/c1-27(2,3)38-26(37)35-14-12-22(17-35)36-24-11-13-32-16-23(24)25(34-36)18-7-9-20(10-8-18)33-21-6-4-5-19(15-21)28(29,30)31/h4-11,13,15-16,22,33H,12,14,17H2,1-3H3/t22-/m1/s1. The molecule has 0 unspecified atom stereocenters. The SMILES string of the molecule is CC(C)(C)OC(=O)N1CC[C@@H](n2nc(-c3ccc(Nc4cccc(C(F)(F)F)c4)cc3)c3cnccc32)C1. The number of fused-ring (bicyclic) bond motifs is 1. The van der Waals surface area contributed by atoms with Gasteiger partial charge in [-0.2, -0.15) is 18.3 Å². The number of nitrogens with one attached hydrogen (secondary N) is 1. The monoisotopic (exact) mass is 523 g/mol. The lowest BCUT2D eigenvalue weighted by Gasteiger charge is -2.24. The van der Waals surface area contributed by atoms with Crippen molar-refractivity contribution in [3.05, 3.63) is 72.6 Å². The number of likely N-dealkylation sites (tertiary alicyclic amines) is 1. The molecule has 0 radical (unpaired) electrons. The molecular weight excluding hydrogens is 495 g/mol. The molecule has 0 bridgehead atoms. The molecule has 1 N–H and O–H groups in total. The number of benzene rings is 2. The summed E-state index contributed by atoms with van der Waals surface area (Å²) in [5.41, 5.74) is 2.24. The number of hydrogen-bond acceptors (Lipinski definition) is 5. The minimum Gasteiger partial charge on any atom is -0.444 e. The van der Waals surface area contributed by atoms with Gasteiger partial charge in [0.15, 0.2) is 0 Å². The highest BCUT2D eigenvalue weighted by Crippen LogP contribution is 2.34. The highest BCUT2D eigenvalue weighted by atomic mass is 19.4. The predicted octanol–water partition coefficient (Wildman–Crippen LogP) is 7.04. The third kappa shape index (κ3) is 5.44. The maximum atomic E-state index is 13.0. The summed E-state index contributed by atoms with van der Waals surface area (Å²) >= 11 is 0. The summed E-state index contributed by atoms with van der Waals surface area (Å²) < 4.78 is 46.6. The molecule has 1 atom stereocenters. The molecule has 5 rings (SSSR count). The number of anilines is 2. The van der Waals surface area contributed by atoms with Gasteiger partial charge >= 0.3 is 12.3 Å². The Morgan fingerprint density at radius 2 is 1.82 bits per heavy atom. The lowest BCUT2D eigenvalue weighted by Crippen LogP contribution is -2.35. The van der Waals surface area contributed by atoms with Crippen LogP contribution >= 0.6 is 0 Å². The Morgan fingerprint density at radius 1 is 1.05 bits per heavy atom. The van der Waals surface area contributed by atoms with Crippen molar-refractivity contribution in [2.45, 2.75) is 45.0 Å². The number of aromatic nitrogens is 3. The highest BCUT2D eigenvalue weighted by molar-refractivity contribution is 5.93. The van der Waals surface area contributed by atoms with Gasteiger partial charge in [-0.25, -0.2) is 4.79 Å². The van der Waals surface area contributed by atoms with E-state index in [1.54, 1.807) is 35.5 Å². The zero-order valence-electron chi connectivity index (χ0n) is 21.3. The van der Waals surface area contributed by atoms with Crippen LogP contribution in [-0.4, -0.2) is 44.4 Å². The zero-order valence-corrected chi connectivity index (χ0v) is 21.3. The zero-order chi connectivity index (χ0) is 27.1. The molecule has 3 heterocycles. The molecule has 1 aliphatic heterocycles. The first kappa shape index (κ1) is 25.6. The predicted molar refractivity (Wildman–Crippen MR) is 139 cm³/mol. The van der Waals surface area contributed by atoms with Gasteiger partial charge < -0.3 is 15.0 Å². The van der Waals surface area contributed by atoms with Crippen molar-refractivity contribution in [2.24, 2.45) is 0 Å². The fourth-order valence-corrected chi connectivity index (χ4v) is 4.56. The number of hydrogen-bond donors (Lipinski definition) is 1. The van der Waals surface area contributed by atoms with Gasteiger partial charge in [0.25, 0.3) is 0 Å². The van der Waals surface area contributed by atoms with Crippen LogP contribution in [0.3, 0.4) is 0 Å². The average Bonchev–Trinajstić information content (AvgIpc) is 3.49. The Morgan fingerprint density at radius 3 is 2.53 bits per heavy atom.